The molecule has 1 fully saturated rings. The van der Waals surface area contributed by atoms with E-state index in [1.807, 2.05) is 6.07 Å². The van der Waals surface area contributed by atoms with Gasteiger partial charge in [-0.2, -0.15) is 0 Å². The molecule has 4 amide bonds. The summed E-state index contributed by atoms with van der Waals surface area (Å²) in [5, 5.41) is 3.25. The van der Waals surface area contributed by atoms with Gasteiger partial charge in [0.05, 0.1) is 33.4 Å². The number of carbonyl (C=O) groups excluding carboxylic acids is 3. The van der Waals surface area contributed by atoms with Gasteiger partial charge in [0.1, 0.15) is 23.3 Å². The maximum atomic E-state index is 13.5. The van der Waals surface area contributed by atoms with Crippen LogP contribution in [0.4, 0.5) is 16.2 Å². The monoisotopic (exact) mass is 523 g/mol. The molecule has 192 valence electrons. The number of anilines is 2. The Labute approximate surface area is 219 Å². The van der Waals surface area contributed by atoms with Crippen molar-refractivity contribution in [2.24, 2.45) is 0 Å². The number of rotatable bonds is 9. The number of nitrogens with one attached hydrogen (secondary N) is 1. The van der Waals surface area contributed by atoms with Gasteiger partial charge in [-0.05, 0) is 42.0 Å². The SMILES string of the molecule is COc1cccc(CN2C(=O)N(c3ccc(Cl)cc3)C(=O)[C@H]2CC(=O)Nc2cc(OC)cc(OC)c2)c1. The lowest BCUT2D eigenvalue weighted by Gasteiger charge is -2.22. The Morgan fingerprint density at radius 3 is 2.16 bits per heavy atom. The number of benzene rings is 3. The first-order chi connectivity index (χ1) is 17.8. The van der Waals surface area contributed by atoms with Crippen LogP contribution in [0.5, 0.6) is 17.2 Å². The molecule has 0 saturated carbocycles. The molecule has 0 bridgehead atoms. The zero-order chi connectivity index (χ0) is 26.5. The zero-order valence-electron chi connectivity index (χ0n) is 20.6. The molecular weight excluding hydrogens is 498 g/mol. The average Bonchev–Trinajstić information content (AvgIpc) is 3.12. The lowest BCUT2D eigenvalue weighted by Crippen LogP contribution is -2.37. The highest BCUT2D eigenvalue weighted by Crippen LogP contribution is 2.31. The van der Waals surface area contributed by atoms with Crippen molar-refractivity contribution in [3.63, 3.8) is 0 Å². The van der Waals surface area contributed by atoms with E-state index in [4.69, 9.17) is 25.8 Å². The first-order valence-corrected chi connectivity index (χ1v) is 11.8. The normalized spacial score (nSPS) is 15.1. The summed E-state index contributed by atoms with van der Waals surface area (Å²) in [4.78, 5) is 42.5. The van der Waals surface area contributed by atoms with Crippen LogP contribution in [-0.2, 0) is 16.1 Å². The number of hydrogen-bond donors (Lipinski definition) is 1. The maximum absolute atomic E-state index is 13.5. The van der Waals surface area contributed by atoms with Crippen LogP contribution in [0.3, 0.4) is 0 Å². The largest absolute Gasteiger partial charge is 0.497 e. The number of ether oxygens (including phenoxy) is 3. The number of halogens is 1. The van der Waals surface area contributed by atoms with Gasteiger partial charge in [0, 0.05) is 35.5 Å². The van der Waals surface area contributed by atoms with Crippen molar-refractivity contribution in [1.82, 2.24) is 4.90 Å². The predicted molar refractivity (Wildman–Crippen MR) is 139 cm³/mol. The molecule has 0 spiro atoms. The van der Waals surface area contributed by atoms with Gasteiger partial charge < -0.3 is 24.4 Å². The first kappa shape index (κ1) is 25.8. The van der Waals surface area contributed by atoms with Crippen molar-refractivity contribution >= 4 is 40.8 Å². The van der Waals surface area contributed by atoms with Crippen molar-refractivity contribution in [3.8, 4) is 17.2 Å². The van der Waals surface area contributed by atoms with Crippen molar-refractivity contribution in [2.45, 2.75) is 19.0 Å². The number of nitrogens with zero attached hydrogens (tertiary/aromatic N) is 2. The molecule has 1 aliphatic heterocycles. The molecule has 0 radical (unpaired) electrons. The molecule has 1 N–H and O–H groups in total. The lowest BCUT2D eigenvalue weighted by molar-refractivity contribution is -0.124. The summed E-state index contributed by atoms with van der Waals surface area (Å²) in [7, 11) is 4.56. The molecule has 1 heterocycles. The van der Waals surface area contributed by atoms with Gasteiger partial charge in [-0.1, -0.05) is 23.7 Å². The van der Waals surface area contributed by atoms with Crippen LogP contribution < -0.4 is 24.4 Å². The maximum Gasteiger partial charge on any atom is 0.332 e. The van der Waals surface area contributed by atoms with E-state index >= 15 is 0 Å². The van der Waals surface area contributed by atoms with Crippen LogP contribution in [0.1, 0.15) is 12.0 Å². The summed E-state index contributed by atoms with van der Waals surface area (Å²) in [6.07, 6.45) is -0.252. The predicted octanol–water partition coefficient (Wildman–Crippen LogP) is 4.73. The molecule has 4 rings (SSSR count). The fraction of sp³-hybridized carbons (Fsp3) is 0.222. The molecular formula is C27H26ClN3O6. The number of carbonyl (C=O) groups is 3. The molecule has 1 aliphatic rings. The van der Waals surface area contributed by atoms with E-state index in [0.717, 1.165) is 10.5 Å². The lowest BCUT2D eigenvalue weighted by atomic mass is 10.1. The van der Waals surface area contributed by atoms with Crippen LogP contribution in [0.15, 0.2) is 66.7 Å². The minimum Gasteiger partial charge on any atom is -0.497 e. The quantitative estimate of drug-likeness (QED) is 0.407. The van der Waals surface area contributed by atoms with E-state index in [1.54, 1.807) is 67.8 Å². The van der Waals surface area contributed by atoms with Gasteiger partial charge in [-0.15, -0.1) is 0 Å². The van der Waals surface area contributed by atoms with E-state index in [2.05, 4.69) is 5.32 Å². The molecule has 10 heteroatoms. The Kier molecular flexibility index (Phi) is 7.83. The number of hydrogen-bond acceptors (Lipinski definition) is 6. The summed E-state index contributed by atoms with van der Waals surface area (Å²) in [5.41, 5.74) is 1.56. The van der Waals surface area contributed by atoms with Crippen LogP contribution in [0, 0.1) is 0 Å². The number of imide groups is 1. The second kappa shape index (κ2) is 11.2. The molecule has 1 saturated heterocycles. The molecule has 37 heavy (non-hydrogen) atoms. The summed E-state index contributed by atoms with van der Waals surface area (Å²) in [5.74, 6) is 0.653. The van der Waals surface area contributed by atoms with Crippen molar-refractivity contribution in [3.05, 3.63) is 77.3 Å². The van der Waals surface area contributed by atoms with Gasteiger partial charge in [0.25, 0.3) is 5.91 Å². The van der Waals surface area contributed by atoms with Gasteiger partial charge in [0.2, 0.25) is 5.91 Å². The molecule has 0 unspecified atom stereocenters. The standard InChI is InChI=1S/C27H26ClN3O6/c1-35-21-6-4-5-17(11-21)16-30-24(26(33)31(27(30)34)20-9-7-18(28)8-10-20)15-25(32)29-19-12-22(36-2)14-23(13-19)37-3/h4-14,24H,15-16H2,1-3H3,(H,29,32)/t24-/m1/s1. The molecule has 0 aliphatic carbocycles. The Morgan fingerprint density at radius 1 is 0.892 bits per heavy atom. The number of urea groups is 1. The van der Waals surface area contributed by atoms with E-state index < -0.39 is 23.9 Å². The highest BCUT2D eigenvalue weighted by Gasteiger charge is 2.46. The highest BCUT2D eigenvalue weighted by molar-refractivity contribution is 6.30. The minimum atomic E-state index is -1.03. The summed E-state index contributed by atoms with van der Waals surface area (Å²) in [6.45, 7) is 0.108. The summed E-state index contributed by atoms with van der Waals surface area (Å²) < 4.78 is 15.8. The fourth-order valence-corrected chi connectivity index (χ4v) is 4.20. The summed E-state index contributed by atoms with van der Waals surface area (Å²) >= 11 is 5.99. The van der Waals surface area contributed by atoms with Gasteiger partial charge in [-0.3, -0.25) is 9.59 Å². The fourth-order valence-electron chi connectivity index (χ4n) is 4.08. The Balaban J connectivity index is 1.61. The highest BCUT2D eigenvalue weighted by atomic mass is 35.5. The minimum absolute atomic E-state index is 0.108. The first-order valence-electron chi connectivity index (χ1n) is 11.4. The second-order valence-corrected chi connectivity index (χ2v) is 8.72. The molecule has 3 aromatic rings. The van der Waals surface area contributed by atoms with Gasteiger partial charge >= 0.3 is 6.03 Å². The topological polar surface area (TPSA) is 97.4 Å². The van der Waals surface area contributed by atoms with Crippen LogP contribution in [0.2, 0.25) is 5.02 Å². The third kappa shape index (κ3) is 5.78. The molecule has 3 aromatic carbocycles. The number of methoxy groups -OCH3 is 3. The van der Waals surface area contributed by atoms with Crippen LogP contribution in [-0.4, -0.2) is 50.1 Å². The van der Waals surface area contributed by atoms with Crippen LogP contribution in [0.25, 0.3) is 0 Å². The van der Waals surface area contributed by atoms with Crippen molar-refractivity contribution < 1.29 is 28.6 Å². The Morgan fingerprint density at radius 2 is 1.54 bits per heavy atom. The van der Waals surface area contributed by atoms with E-state index in [0.29, 0.717) is 33.6 Å². The Bertz CT molecular complexity index is 1290. The van der Waals surface area contributed by atoms with E-state index in [9.17, 15) is 14.4 Å². The Hall–Kier alpha value is -4.24. The molecule has 1 atom stereocenters. The zero-order valence-corrected chi connectivity index (χ0v) is 21.3. The molecule has 0 aromatic heterocycles. The molecule has 9 nitrogen and oxygen atoms in total. The van der Waals surface area contributed by atoms with Gasteiger partial charge in [0.15, 0.2) is 0 Å². The van der Waals surface area contributed by atoms with E-state index in [1.165, 1.54) is 19.1 Å². The second-order valence-electron chi connectivity index (χ2n) is 8.28. The van der Waals surface area contributed by atoms with Crippen LogP contribution >= 0.6 is 11.6 Å². The third-order valence-corrected chi connectivity index (χ3v) is 6.16. The third-order valence-electron chi connectivity index (χ3n) is 5.90. The van der Waals surface area contributed by atoms with Crippen molar-refractivity contribution in [2.75, 3.05) is 31.5 Å². The average molecular weight is 524 g/mol. The smallest absolute Gasteiger partial charge is 0.332 e. The van der Waals surface area contributed by atoms with E-state index in [-0.39, 0.29) is 13.0 Å². The number of amides is 4. The summed E-state index contributed by atoms with van der Waals surface area (Å²) in [6, 6.07) is 16.9. The van der Waals surface area contributed by atoms with Gasteiger partial charge in [-0.25, -0.2) is 9.69 Å². The van der Waals surface area contributed by atoms with Crippen molar-refractivity contribution in [1.29, 1.82) is 0 Å².